The van der Waals surface area contributed by atoms with Gasteiger partial charge < -0.3 is 14.5 Å². The van der Waals surface area contributed by atoms with E-state index in [0.717, 1.165) is 0 Å². The third kappa shape index (κ3) is 4.55. The maximum Gasteiger partial charge on any atom is 0.321 e. The lowest BCUT2D eigenvalue weighted by atomic mass is 9.91. The van der Waals surface area contributed by atoms with Crippen molar-refractivity contribution in [2.45, 2.75) is 13.0 Å². The molecular weight excluding hydrogens is 435 g/mol. The molecule has 0 saturated carbocycles. The molecule has 2 aromatic rings. The summed E-state index contributed by atoms with van der Waals surface area (Å²) >= 11 is 6.15. The second kappa shape index (κ2) is 9.56. The Morgan fingerprint density at radius 3 is 2.56 bits per heavy atom. The molecule has 0 spiro atoms. The highest BCUT2D eigenvalue weighted by Crippen LogP contribution is 2.32. The molecule has 0 radical (unpaired) electrons. The van der Waals surface area contributed by atoms with Crippen LogP contribution in [0.3, 0.4) is 0 Å². The zero-order valence-electron chi connectivity index (χ0n) is 17.6. The van der Waals surface area contributed by atoms with E-state index in [0.29, 0.717) is 48.4 Å². The van der Waals surface area contributed by atoms with Crippen molar-refractivity contribution in [2.24, 2.45) is 10.9 Å². The van der Waals surface area contributed by atoms with Gasteiger partial charge in [-0.3, -0.25) is 14.9 Å². The predicted molar refractivity (Wildman–Crippen MR) is 120 cm³/mol. The number of ether oxygens (including phenoxy) is 1. The highest BCUT2D eigenvalue weighted by molar-refractivity contribution is 6.30. The Morgan fingerprint density at radius 1 is 1.16 bits per heavy atom. The van der Waals surface area contributed by atoms with Gasteiger partial charge in [0.15, 0.2) is 5.92 Å². The number of carbonyl (C=O) groups is 2. The van der Waals surface area contributed by atoms with Gasteiger partial charge in [-0.2, -0.15) is 0 Å². The fourth-order valence-electron chi connectivity index (χ4n) is 4.02. The second-order valence-electron chi connectivity index (χ2n) is 7.60. The van der Waals surface area contributed by atoms with Crippen molar-refractivity contribution >= 4 is 35.1 Å². The first kappa shape index (κ1) is 22.1. The van der Waals surface area contributed by atoms with Crippen LogP contribution in [-0.2, 0) is 14.3 Å². The highest BCUT2D eigenvalue weighted by Gasteiger charge is 2.42. The lowest BCUT2D eigenvalue weighted by Gasteiger charge is -2.39. The number of halogens is 2. The molecule has 2 aliphatic rings. The van der Waals surface area contributed by atoms with E-state index in [1.54, 1.807) is 49.4 Å². The van der Waals surface area contributed by atoms with Gasteiger partial charge in [-0.1, -0.05) is 35.9 Å². The second-order valence-corrected chi connectivity index (χ2v) is 8.03. The quantitative estimate of drug-likeness (QED) is 0.563. The summed E-state index contributed by atoms with van der Waals surface area (Å²) in [5.74, 6) is -2.05. The Labute approximate surface area is 190 Å². The first-order valence-corrected chi connectivity index (χ1v) is 10.9. The number of para-hydroxylation sites is 1. The van der Waals surface area contributed by atoms with Crippen LogP contribution in [-0.4, -0.2) is 55.5 Å². The Kier molecular flexibility index (Phi) is 6.60. The van der Waals surface area contributed by atoms with Crippen LogP contribution < -0.4 is 10.2 Å². The van der Waals surface area contributed by atoms with Crippen LogP contribution in [0.2, 0.25) is 5.02 Å². The molecule has 2 aromatic carbocycles. The zero-order chi connectivity index (χ0) is 22.7. The van der Waals surface area contributed by atoms with Crippen LogP contribution >= 0.6 is 11.6 Å². The zero-order valence-corrected chi connectivity index (χ0v) is 18.4. The smallest absolute Gasteiger partial charge is 0.321 e. The first-order valence-electron chi connectivity index (χ1n) is 10.5. The summed E-state index contributed by atoms with van der Waals surface area (Å²) in [4.78, 5) is 34.1. The summed E-state index contributed by atoms with van der Waals surface area (Å²) in [5, 5.41) is 3.26. The fourth-order valence-corrected chi connectivity index (χ4v) is 4.22. The average molecular weight is 459 g/mol. The van der Waals surface area contributed by atoms with Gasteiger partial charge >= 0.3 is 5.97 Å². The number of carbonyl (C=O) groups excluding carboxylic acids is 2. The Bertz CT molecular complexity index is 1040. The van der Waals surface area contributed by atoms with Crippen LogP contribution in [0, 0.1) is 11.7 Å². The molecule has 2 atom stereocenters. The minimum absolute atomic E-state index is 0.166. The summed E-state index contributed by atoms with van der Waals surface area (Å²) in [7, 11) is 0. The Balaban J connectivity index is 1.57. The number of aliphatic imine (C=N–C) groups is 1. The van der Waals surface area contributed by atoms with E-state index in [4.69, 9.17) is 21.3 Å². The van der Waals surface area contributed by atoms with E-state index in [1.165, 1.54) is 6.07 Å². The van der Waals surface area contributed by atoms with Crippen LogP contribution in [0.15, 0.2) is 53.5 Å². The van der Waals surface area contributed by atoms with Crippen LogP contribution in [0.25, 0.3) is 0 Å². The summed E-state index contributed by atoms with van der Waals surface area (Å²) in [6, 6.07) is 12.9. The number of benzene rings is 2. The number of nitrogens with zero attached hydrogens (tertiary/aromatic N) is 3. The molecule has 0 bridgehead atoms. The van der Waals surface area contributed by atoms with E-state index in [1.807, 2.05) is 9.80 Å². The Hall–Kier alpha value is -3.13. The van der Waals surface area contributed by atoms with Gasteiger partial charge in [0, 0.05) is 31.2 Å². The Morgan fingerprint density at radius 2 is 1.88 bits per heavy atom. The van der Waals surface area contributed by atoms with Crippen molar-refractivity contribution in [1.82, 2.24) is 10.2 Å². The summed E-state index contributed by atoms with van der Waals surface area (Å²) in [6.45, 7) is 4.08. The number of esters is 1. The van der Waals surface area contributed by atoms with Crippen molar-refractivity contribution in [2.75, 3.05) is 37.7 Å². The molecule has 1 amide bonds. The molecule has 4 rings (SSSR count). The van der Waals surface area contributed by atoms with E-state index < -0.39 is 23.8 Å². The number of anilines is 1. The standard InChI is InChI=1S/C23H24ClFN4O3/c1-2-32-22(31)19-20(15-6-5-7-16(24)14-15)26-23(27-21(19)30)29-12-10-28(11-13-29)18-9-4-3-8-17(18)25/h3-9,14,19-20H,2,10-13H2,1H3,(H,26,27,30)/t19-,20-/m0/s1. The minimum Gasteiger partial charge on any atom is -0.465 e. The largest absolute Gasteiger partial charge is 0.465 e. The van der Waals surface area contributed by atoms with E-state index in [9.17, 15) is 14.0 Å². The van der Waals surface area contributed by atoms with Crippen molar-refractivity contribution < 1.29 is 18.7 Å². The van der Waals surface area contributed by atoms with Gasteiger partial charge in [0.05, 0.1) is 12.3 Å². The molecular formula is C23H24ClFN4O3. The lowest BCUT2D eigenvalue weighted by molar-refractivity contribution is -0.153. The SMILES string of the molecule is CCOC(=O)[C@@H]1C(=O)NC(N2CCN(c3ccccc3F)CC2)=N[C@H]1c1cccc(Cl)c1. The molecule has 2 heterocycles. The monoisotopic (exact) mass is 458 g/mol. The molecule has 2 aliphatic heterocycles. The number of hydrogen-bond acceptors (Lipinski definition) is 6. The molecule has 1 N–H and O–H groups in total. The predicted octanol–water partition coefficient (Wildman–Crippen LogP) is 3.01. The normalized spacial score (nSPS) is 21.1. The highest BCUT2D eigenvalue weighted by atomic mass is 35.5. The number of hydrogen-bond donors (Lipinski definition) is 1. The van der Waals surface area contributed by atoms with Crippen molar-refractivity contribution in [1.29, 1.82) is 0 Å². The topological polar surface area (TPSA) is 74.2 Å². The molecule has 168 valence electrons. The van der Waals surface area contributed by atoms with Crippen molar-refractivity contribution in [3.05, 3.63) is 64.9 Å². The van der Waals surface area contributed by atoms with E-state index in [2.05, 4.69) is 5.32 Å². The molecule has 7 nitrogen and oxygen atoms in total. The molecule has 0 aliphatic carbocycles. The maximum absolute atomic E-state index is 14.1. The van der Waals surface area contributed by atoms with Gasteiger partial charge in [-0.15, -0.1) is 0 Å². The number of amides is 1. The summed E-state index contributed by atoms with van der Waals surface area (Å²) < 4.78 is 19.3. The molecule has 0 aromatic heterocycles. The minimum atomic E-state index is -1.10. The van der Waals surface area contributed by atoms with E-state index >= 15 is 0 Å². The first-order chi connectivity index (χ1) is 15.5. The summed E-state index contributed by atoms with van der Waals surface area (Å²) in [6.07, 6.45) is 0. The van der Waals surface area contributed by atoms with Gasteiger partial charge in [0.25, 0.3) is 0 Å². The van der Waals surface area contributed by atoms with Crippen LogP contribution in [0.4, 0.5) is 10.1 Å². The van der Waals surface area contributed by atoms with Gasteiger partial charge in [-0.05, 0) is 36.8 Å². The molecule has 1 fully saturated rings. The number of guanidine groups is 1. The molecule has 32 heavy (non-hydrogen) atoms. The lowest BCUT2D eigenvalue weighted by Crippen LogP contribution is -2.57. The van der Waals surface area contributed by atoms with E-state index in [-0.39, 0.29) is 12.4 Å². The molecule has 0 unspecified atom stereocenters. The van der Waals surface area contributed by atoms with Gasteiger partial charge in [0.2, 0.25) is 11.9 Å². The molecule has 9 heteroatoms. The van der Waals surface area contributed by atoms with Crippen molar-refractivity contribution in [3.8, 4) is 0 Å². The third-order valence-corrected chi connectivity index (χ3v) is 5.83. The van der Waals surface area contributed by atoms with Gasteiger partial charge in [0.1, 0.15) is 11.9 Å². The number of piperazine rings is 1. The average Bonchev–Trinajstić information content (AvgIpc) is 2.79. The van der Waals surface area contributed by atoms with Crippen molar-refractivity contribution in [3.63, 3.8) is 0 Å². The number of rotatable bonds is 4. The number of nitrogens with one attached hydrogen (secondary N) is 1. The van der Waals surface area contributed by atoms with Gasteiger partial charge in [-0.25, -0.2) is 9.38 Å². The maximum atomic E-state index is 14.1. The fraction of sp³-hybridized carbons (Fsp3) is 0.348. The van der Waals surface area contributed by atoms with Crippen LogP contribution in [0.1, 0.15) is 18.5 Å². The van der Waals surface area contributed by atoms with Crippen LogP contribution in [0.5, 0.6) is 0 Å². The molecule has 1 saturated heterocycles. The summed E-state index contributed by atoms with van der Waals surface area (Å²) in [5.41, 5.74) is 1.22. The third-order valence-electron chi connectivity index (χ3n) is 5.60.